The second-order valence-corrected chi connectivity index (χ2v) is 3.51. The van der Waals surface area contributed by atoms with Crippen molar-refractivity contribution in [2.24, 2.45) is 5.92 Å². The summed E-state index contributed by atoms with van der Waals surface area (Å²) in [5, 5.41) is 0. The molecule has 2 atom stereocenters. The Morgan fingerprint density at radius 2 is 2.08 bits per heavy atom. The molecule has 1 aromatic carbocycles. The Kier molecular flexibility index (Phi) is 2.13. The number of aldehydes is 1. The summed E-state index contributed by atoms with van der Waals surface area (Å²) in [6.07, 6.45) is 2.79. The van der Waals surface area contributed by atoms with Gasteiger partial charge in [0.05, 0.1) is 0 Å². The third-order valence-corrected chi connectivity index (χ3v) is 2.81. The van der Waals surface area contributed by atoms with Crippen LogP contribution in [-0.4, -0.2) is 6.29 Å². The van der Waals surface area contributed by atoms with Crippen molar-refractivity contribution >= 4 is 6.29 Å². The molecule has 0 amide bonds. The van der Waals surface area contributed by atoms with E-state index in [4.69, 9.17) is 0 Å². The molecule has 1 aliphatic carbocycles. The van der Waals surface area contributed by atoms with Gasteiger partial charge >= 0.3 is 0 Å². The van der Waals surface area contributed by atoms with Crippen LogP contribution in [0.15, 0.2) is 24.3 Å². The van der Waals surface area contributed by atoms with Crippen molar-refractivity contribution < 1.29 is 9.18 Å². The Labute approximate surface area is 76.6 Å². The van der Waals surface area contributed by atoms with Crippen LogP contribution >= 0.6 is 0 Å². The highest BCUT2D eigenvalue weighted by molar-refractivity contribution is 5.58. The number of rotatable bonds is 2. The summed E-state index contributed by atoms with van der Waals surface area (Å²) in [4.78, 5) is 10.6. The first-order valence-corrected chi connectivity index (χ1v) is 4.52. The second-order valence-electron chi connectivity index (χ2n) is 3.51. The molecule has 68 valence electrons. The van der Waals surface area contributed by atoms with E-state index < -0.39 is 0 Å². The summed E-state index contributed by atoms with van der Waals surface area (Å²) in [6, 6.07) is 6.72. The lowest BCUT2D eigenvalue weighted by atomic mass is 9.71. The van der Waals surface area contributed by atoms with Gasteiger partial charge in [-0.15, -0.1) is 0 Å². The average molecular weight is 178 g/mol. The van der Waals surface area contributed by atoms with Gasteiger partial charge in [0.2, 0.25) is 0 Å². The quantitative estimate of drug-likeness (QED) is 0.636. The first-order chi connectivity index (χ1) is 6.33. The fourth-order valence-electron chi connectivity index (χ4n) is 1.85. The minimum absolute atomic E-state index is 0.0388. The van der Waals surface area contributed by atoms with E-state index in [2.05, 4.69) is 0 Å². The number of halogens is 1. The lowest BCUT2D eigenvalue weighted by Gasteiger charge is -2.33. The van der Waals surface area contributed by atoms with E-state index in [0.717, 1.165) is 19.1 Å². The molecule has 1 aromatic rings. The molecule has 2 heteroatoms. The van der Waals surface area contributed by atoms with E-state index in [1.165, 1.54) is 6.07 Å². The first kappa shape index (κ1) is 8.42. The van der Waals surface area contributed by atoms with Crippen LogP contribution in [0, 0.1) is 11.7 Å². The summed E-state index contributed by atoms with van der Waals surface area (Å²) >= 11 is 0. The van der Waals surface area contributed by atoms with Crippen LogP contribution in [0.5, 0.6) is 0 Å². The van der Waals surface area contributed by atoms with Gasteiger partial charge < -0.3 is 4.79 Å². The van der Waals surface area contributed by atoms with E-state index >= 15 is 0 Å². The molecule has 1 nitrogen and oxygen atoms in total. The summed E-state index contributed by atoms with van der Waals surface area (Å²) in [7, 11) is 0. The Morgan fingerprint density at radius 1 is 1.31 bits per heavy atom. The van der Waals surface area contributed by atoms with E-state index in [9.17, 15) is 9.18 Å². The van der Waals surface area contributed by atoms with Crippen LogP contribution in [0.1, 0.15) is 24.3 Å². The van der Waals surface area contributed by atoms with Gasteiger partial charge in [-0.2, -0.15) is 0 Å². The van der Waals surface area contributed by atoms with E-state index in [1.54, 1.807) is 12.1 Å². The zero-order chi connectivity index (χ0) is 9.26. The van der Waals surface area contributed by atoms with Gasteiger partial charge in [-0.3, -0.25) is 0 Å². The van der Waals surface area contributed by atoms with Crippen LogP contribution in [0.25, 0.3) is 0 Å². The van der Waals surface area contributed by atoms with Crippen molar-refractivity contribution in [1.29, 1.82) is 0 Å². The minimum atomic E-state index is -0.181. The van der Waals surface area contributed by atoms with Crippen LogP contribution < -0.4 is 0 Å². The maximum atomic E-state index is 13.3. The van der Waals surface area contributed by atoms with Gasteiger partial charge in [0.1, 0.15) is 12.1 Å². The lowest BCUT2D eigenvalue weighted by Crippen LogP contribution is -2.25. The molecule has 2 unspecified atom stereocenters. The number of carbonyl (C=O) groups is 1. The van der Waals surface area contributed by atoms with Gasteiger partial charge in [0.25, 0.3) is 0 Å². The van der Waals surface area contributed by atoms with E-state index in [-0.39, 0.29) is 17.7 Å². The van der Waals surface area contributed by atoms with Crippen LogP contribution in [-0.2, 0) is 4.79 Å². The summed E-state index contributed by atoms with van der Waals surface area (Å²) in [5.41, 5.74) is 0.700. The molecular weight excluding hydrogens is 167 g/mol. The standard InChI is InChI=1S/C11H11FO/c12-11-4-2-1-3-10(11)9-6-5-8(9)7-13/h1-4,7-9H,5-6H2. The van der Waals surface area contributed by atoms with Crippen molar-refractivity contribution in [1.82, 2.24) is 0 Å². The molecule has 1 saturated carbocycles. The molecule has 2 rings (SSSR count). The third-order valence-electron chi connectivity index (χ3n) is 2.81. The molecule has 0 heterocycles. The van der Waals surface area contributed by atoms with Crippen molar-refractivity contribution in [3.63, 3.8) is 0 Å². The van der Waals surface area contributed by atoms with Gasteiger partial charge in [-0.25, -0.2) is 4.39 Å². The summed E-state index contributed by atoms with van der Waals surface area (Å²) < 4.78 is 13.3. The molecule has 0 N–H and O–H groups in total. The molecule has 13 heavy (non-hydrogen) atoms. The molecule has 1 aliphatic rings. The smallest absolute Gasteiger partial charge is 0.126 e. The van der Waals surface area contributed by atoms with Gasteiger partial charge in [0.15, 0.2) is 0 Å². The molecule has 0 bridgehead atoms. The van der Waals surface area contributed by atoms with Crippen molar-refractivity contribution in [2.75, 3.05) is 0 Å². The number of carbonyl (C=O) groups excluding carboxylic acids is 1. The predicted octanol–water partition coefficient (Wildman–Crippen LogP) is 2.52. The van der Waals surface area contributed by atoms with Gasteiger partial charge in [-0.1, -0.05) is 18.2 Å². The fourth-order valence-corrected chi connectivity index (χ4v) is 1.85. The normalized spacial score (nSPS) is 26.5. The zero-order valence-corrected chi connectivity index (χ0v) is 7.24. The lowest BCUT2D eigenvalue weighted by molar-refractivity contribution is -0.113. The topological polar surface area (TPSA) is 17.1 Å². The molecule has 0 aliphatic heterocycles. The Balaban J connectivity index is 2.25. The van der Waals surface area contributed by atoms with Crippen LogP contribution in [0.3, 0.4) is 0 Å². The maximum absolute atomic E-state index is 13.3. The fraction of sp³-hybridized carbons (Fsp3) is 0.364. The molecule has 0 saturated heterocycles. The molecular formula is C11H11FO. The third kappa shape index (κ3) is 1.37. The highest BCUT2D eigenvalue weighted by Crippen LogP contribution is 2.41. The Morgan fingerprint density at radius 3 is 2.62 bits per heavy atom. The van der Waals surface area contributed by atoms with E-state index in [1.807, 2.05) is 6.07 Å². The van der Waals surface area contributed by atoms with Crippen LogP contribution in [0.4, 0.5) is 4.39 Å². The highest BCUT2D eigenvalue weighted by Gasteiger charge is 2.33. The molecule has 0 radical (unpaired) electrons. The SMILES string of the molecule is O=CC1CCC1c1ccccc1F. The Hall–Kier alpha value is -1.18. The molecule has 0 spiro atoms. The number of benzene rings is 1. The minimum Gasteiger partial charge on any atom is -0.303 e. The molecule has 1 fully saturated rings. The van der Waals surface area contributed by atoms with E-state index in [0.29, 0.717) is 5.56 Å². The molecule has 0 aromatic heterocycles. The van der Waals surface area contributed by atoms with Gasteiger partial charge in [0, 0.05) is 5.92 Å². The Bertz CT molecular complexity index is 322. The number of hydrogen-bond acceptors (Lipinski definition) is 1. The monoisotopic (exact) mass is 178 g/mol. The summed E-state index contributed by atoms with van der Waals surface area (Å²) in [6.45, 7) is 0. The van der Waals surface area contributed by atoms with Crippen LogP contribution in [0.2, 0.25) is 0 Å². The van der Waals surface area contributed by atoms with Crippen molar-refractivity contribution in [3.05, 3.63) is 35.6 Å². The predicted molar refractivity (Wildman–Crippen MR) is 47.9 cm³/mol. The van der Waals surface area contributed by atoms with Crippen molar-refractivity contribution in [3.8, 4) is 0 Å². The number of hydrogen-bond donors (Lipinski definition) is 0. The maximum Gasteiger partial charge on any atom is 0.126 e. The van der Waals surface area contributed by atoms with Crippen molar-refractivity contribution in [2.45, 2.75) is 18.8 Å². The second kappa shape index (κ2) is 3.29. The van der Waals surface area contributed by atoms with Gasteiger partial charge in [-0.05, 0) is 30.4 Å². The zero-order valence-electron chi connectivity index (χ0n) is 7.24. The first-order valence-electron chi connectivity index (χ1n) is 4.52. The summed E-state index contributed by atoms with van der Waals surface area (Å²) in [5.74, 6) is -0.0188. The largest absolute Gasteiger partial charge is 0.303 e. The highest BCUT2D eigenvalue weighted by atomic mass is 19.1. The average Bonchev–Trinajstić information content (AvgIpc) is 2.08.